The van der Waals surface area contributed by atoms with E-state index in [0.717, 1.165) is 5.69 Å². The van der Waals surface area contributed by atoms with Gasteiger partial charge in [-0.15, -0.1) is 5.10 Å². The number of carbonyl (C=O) groups excluding carboxylic acids is 1. The van der Waals surface area contributed by atoms with Crippen LogP contribution in [-0.4, -0.2) is 28.1 Å². The number of hydrogen-bond acceptors (Lipinski definition) is 6. The molecule has 0 atom stereocenters. The van der Waals surface area contributed by atoms with Crippen LogP contribution in [0, 0.1) is 6.92 Å². The summed E-state index contributed by atoms with van der Waals surface area (Å²) in [5.41, 5.74) is 1.33. The van der Waals surface area contributed by atoms with Crippen molar-refractivity contribution in [3.63, 3.8) is 0 Å². The molecule has 0 aliphatic rings. The van der Waals surface area contributed by atoms with Gasteiger partial charge in [-0.3, -0.25) is 10.1 Å². The molecule has 0 aliphatic carbocycles. The molecule has 2 rings (SSSR count). The lowest BCUT2D eigenvalue weighted by Crippen LogP contribution is -2.14. The number of anilines is 2. The van der Waals surface area contributed by atoms with Crippen LogP contribution in [0.25, 0.3) is 0 Å². The number of aromatic nitrogens is 3. The summed E-state index contributed by atoms with van der Waals surface area (Å²) in [6.45, 7) is 5.70. The highest BCUT2D eigenvalue weighted by atomic mass is 16.4. The molecule has 0 saturated carbocycles. The van der Waals surface area contributed by atoms with E-state index >= 15 is 0 Å². The second kappa shape index (κ2) is 5.68. The first-order valence-electron chi connectivity index (χ1n) is 6.30. The first kappa shape index (κ1) is 14.0. The number of carbonyl (C=O) groups is 1. The van der Waals surface area contributed by atoms with Crippen LogP contribution in [-0.2, 0) is 0 Å². The van der Waals surface area contributed by atoms with Crippen molar-refractivity contribution < 1.29 is 9.21 Å². The summed E-state index contributed by atoms with van der Waals surface area (Å²) in [5.74, 6) is 0.951. The second-order valence-electron chi connectivity index (χ2n) is 4.65. The van der Waals surface area contributed by atoms with Crippen molar-refractivity contribution in [2.75, 3.05) is 17.7 Å². The van der Waals surface area contributed by atoms with Crippen molar-refractivity contribution >= 4 is 17.7 Å². The first-order valence-corrected chi connectivity index (χ1v) is 6.30. The molecule has 2 N–H and O–H groups in total. The predicted molar refractivity (Wildman–Crippen MR) is 74.9 cm³/mol. The summed E-state index contributed by atoms with van der Waals surface area (Å²) in [5, 5.41) is 12.9. The van der Waals surface area contributed by atoms with E-state index in [1.54, 1.807) is 26.1 Å². The number of amides is 1. The van der Waals surface area contributed by atoms with Gasteiger partial charge < -0.3 is 9.73 Å². The lowest BCUT2D eigenvalue weighted by Gasteiger charge is -2.10. The Kier molecular flexibility index (Phi) is 3.97. The Balaban J connectivity index is 2.26. The van der Waals surface area contributed by atoms with Gasteiger partial charge in [0.15, 0.2) is 0 Å². The van der Waals surface area contributed by atoms with Crippen LogP contribution in [0.15, 0.2) is 16.5 Å². The molecule has 7 nitrogen and oxygen atoms in total. The Hall–Kier alpha value is -2.44. The standard InChI is InChI=1S/C13H17N5O2/c1-7(2)10-5-9(6-11(14-4)15-10)12(19)16-13-18-17-8(3)20-13/h5-7H,1-4H3,(H,14,15)(H,16,18,19). The zero-order valence-electron chi connectivity index (χ0n) is 11.9. The minimum atomic E-state index is -0.311. The molecule has 1 amide bonds. The summed E-state index contributed by atoms with van der Waals surface area (Å²) < 4.78 is 5.12. The normalized spacial score (nSPS) is 10.7. The molecule has 0 fully saturated rings. The van der Waals surface area contributed by atoms with E-state index in [1.165, 1.54) is 0 Å². The lowest BCUT2D eigenvalue weighted by molar-refractivity contribution is 0.102. The van der Waals surface area contributed by atoms with E-state index in [0.29, 0.717) is 17.3 Å². The van der Waals surface area contributed by atoms with Crippen LogP contribution >= 0.6 is 0 Å². The third-order valence-electron chi connectivity index (χ3n) is 2.70. The van der Waals surface area contributed by atoms with Crippen molar-refractivity contribution in [1.82, 2.24) is 15.2 Å². The minimum Gasteiger partial charge on any atom is -0.408 e. The molecule has 0 aromatic carbocycles. The molecule has 0 saturated heterocycles. The number of pyridine rings is 1. The largest absolute Gasteiger partial charge is 0.408 e. The maximum atomic E-state index is 12.2. The van der Waals surface area contributed by atoms with Gasteiger partial charge in [0.05, 0.1) is 0 Å². The zero-order chi connectivity index (χ0) is 14.7. The van der Waals surface area contributed by atoms with Gasteiger partial charge in [0.2, 0.25) is 5.89 Å². The number of nitrogens with zero attached hydrogens (tertiary/aromatic N) is 3. The lowest BCUT2D eigenvalue weighted by atomic mass is 10.1. The Morgan fingerprint density at radius 1 is 1.30 bits per heavy atom. The SMILES string of the molecule is CNc1cc(C(=O)Nc2nnc(C)o2)cc(C(C)C)n1. The van der Waals surface area contributed by atoms with Gasteiger partial charge in [-0.25, -0.2) is 4.98 Å². The molecule has 2 aromatic rings. The van der Waals surface area contributed by atoms with Crippen LogP contribution in [0.5, 0.6) is 0 Å². The zero-order valence-corrected chi connectivity index (χ0v) is 11.9. The van der Waals surface area contributed by atoms with Crippen LogP contribution in [0.1, 0.15) is 41.7 Å². The summed E-state index contributed by atoms with van der Waals surface area (Å²) >= 11 is 0. The van der Waals surface area contributed by atoms with Crippen molar-refractivity contribution in [2.45, 2.75) is 26.7 Å². The maximum absolute atomic E-state index is 12.2. The van der Waals surface area contributed by atoms with Gasteiger partial charge in [-0.05, 0) is 18.1 Å². The van der Waals surface area contributed by atoms with Crippen molar-refractivity contribution in [3.8, 4) is 0 Å². The highest BCUT2D eigenvalue weighted by Gasteiger charge is 2.14. The highest BCUT2D eigenvalue weighted by Crippen LogP contribution is 2.18. The Bertz CT molecular complexity index is 621. The third-order valence-corrected chi connectivity index (χ3v) is 2.70. The number of aryl methyl sites for hydroxylation is 1. The average Bonchev–Trinajstić information content (AvgIpc) is 2.83. The molecule has 2 heterocycles. The number of hydrogen-bond donors (Lipinski definition) is 2. The van der Waals surface area contributed by atoms with Gasteiger partial charge >= 0.3 is 6.01 Å². The Morgan fingerprint density at radius 3 is 2.60 bits per heavy atom. The molecule has 2 aromatic heterocycles. The Morgan fingerprint density at radius 2 is 2.05 bits per heavy atom. The molecule has 7 heteroatoms. The van der Waals surface area contributed by atoms with Gasteiger partial charge in [0, 0.05) is 25.2 Å². The summed E-state index contributed by atoms with van der Waals surface area (Å²) in [4.78, 5) is 16.6. The van der Waals surface area contributed by atoms with Crippen molar-refractivity contribution in [3.05, 3.63) is 29.3 Å². The van der Waals surface area contributed by atoms with E-state index < -0.39 is 0 Å². The molecule has 20 heavy (non-hydrogen) atoms. The van der Waals surface area contributed by atoms with Gasteiger partial charge in [0.25, 0.3) is 5.91 Å². The predicted octanol–water partition coefficient (Wildman–Crippen LogP) is 2.19. The van der Waals surface area contributed by atoms with E-state index in [2.05, 4.69) is 25.8 Å². The fraction of sp³-hybridized carbons (Fsp3) is 0.385. The summed E-state index contributed by atoms with van der Waals surface area (Å²) in [6.07, 6.45) is 0. The Labute approximate surface area is 116 Å². The molecule has 0 aliphatic heterocycles. The monoisotopic (exact) mass is 275 g/mol. The fourth-order valence-electron chi connectivity index (χ4n) is 1.62. The minimum absolute atomic E-state index is 0.0846. The van der Waals surface area contributed by atoms with Crippen molar-refractivity contribution in [2.24, 2.45) is 0 Å². The molecule has 0 unspecified atom stereocenters. The third kappa shape index (κ3) is 3.11. The van der Waals surface area contributed by atoms with E-state index in [1.807, 2.05) is 13.8 Å². The van der Waals surface area contributed by atoms with Gasteiger partial charge in [-0.1, -0.05) is 18.9 Å². The quantitative estimate of drug-likeness (QED) is 0.888. The number of rotatable bonds is 4. The average molecular weight is 275 g/mol. The van der Waals surface area contributed by atoms with Gasteiger partial charge in [0.1, 0.15) is 5.82 Å². The maximum Gasteiger partial charge on any atom is 0.322 e. The van der Waals surface area contributed by atoms with Gasteiger partial charge in [-0.2, -0.15) is 0 Å². The van der Waals surface area contributed by atoms with E-state index in [9.17, 15) is 4.79 Å². The van der Waals surface area contributed by atoms with Crippen molar-refractivity contribution in [1.29, 1.82) is 0 Å². The molecular formula is C13H17N5O2. The van der Waals surface area contributed by atoms with E-state index in [4.69, 9.17) is 4.42 Å². The van der Waals surface area contributed by atoms with E-state index in [-0.39, 0.29) is 17.8 Å². The second-order valence-corrected chi connectivity index (χ2v) is 4.65. The molecule has 0 spiro atoms. The van der Waals surface area contributed by atoms with Crippen LogP contribution < -0.4 is 10.6 Å². The first-order chi connectivity index (χ1) is 9.49. The highest BCUT2D eigenvalue weighted by molar-refractivity contribution is 6.03. The molecular weight excluding hydrogens is 258 g/mol. The van der Waals surface area contributed by atoms with Crippen LogP contribution in [0.4, 0.5) is 11.8 Å². The smallest absolute Gasteiger partial charge is 0.322 e. The van der Waals surface area contributed by atoms with Crippen LogP contribution in [0.2, 0.25) is 0 Å². The molecule has 106 valence electrons. The number of nitrogens with one attached hydrogen (secondary N) is 2. The molecule has 0 radical (unpaired) electrons. The summed E-state index contributed by atoms with van der Waals surface area (Å²) in [6, 6.07) is 3.51. The summed E-state index contributed by atoms with van der Waals surface area (Å²) in [7, 11) is 1.76. The molecule has 0 bridgehead atoms. The fourth-order valence-corrected chi connectivity index (χ4v) is 1.62. The topological polar surface area (TPSA) is 92.9 Å². The van der Waals surface area contributed by atoms with Crippen LogP contribution in [0.3, 0.4) is 0 Å².